The largest absolute Gasteiger partial charge is 0.345 e. The Morgan fingerprint density at radius 2 is 1.68 bits per heavy atom. The number of benzene rings is 2. The van der Waals surface area contributed by atoms with Crippen molar-refractivity contribution in [3.8, 4) is 0 Å². The van der Waals surface area contributed by atoms with Crippen LogP contribution in [0.3, 0.4) is 0 Å². The van der Waals surface area contributed by atoms with Crippen molar-refractivity contribution in [3.63, 3.8) is 0 Å². The predicted molar refractivity (Wildman–Crippen MR) is 157 cm³/mol. The van der Waals surface area contributed by atoms with E-state index in [4.69, 9.17) is 11.6 Å². The molecule has 3 aromatic rings. The molecule has 7 heteroatoms. The fourth-order valence-corrected chi connectivity index (χ4v) is 4.56. The first-order chi connectivity index (χ1) is 18.2. The highest BCUT2D eigenvalue weighted by atomic mass is 35.5. The van der Waals surface area contributed by atoms with Crippen LogP contribution < -0.4 is 5.32 Å². The number of halogens is 1. The number of aryl methyl sites for hydroxylation is 1. The summed E-state index contributed by atoms with van der Waals surface area (Å²) < 4.78 is 2.13. The number of carbonyl (C=O) groups is 2. The minimum Gasteiger partial charge on any atom is -0.345 e. The lowest BCUT2D eigenvalue weighted by molar-refractivity contribution is -0.133. The van der Waals surface area contributed by atoms with E-state index in [9.17, 15) is 9.59 Å². The third kappa shape index (κ3) is 8.12. The topological polar surface area (TPSA) is 57.6 Å². The zero-order valence-electron chi connectivity index (χ0n) is 23.3. The lowest BCUT2D eigenvalue weighted by Crippen LogP contribution is -2.48. The zero-order chi connectivity index (χ0) is 27.7. The molecule has 2 aromatic carbocycles. The Kier molecular flexibility index (Phi) is 10.8. The Morgan fingerprint density at radius 1 is 0.974 bits per heavy atom. The molecule has 0 spiro atoms. The molecule has 0 saturated heterocycles. The second-order valence-corrected chi connectivity index (χ2v) is 10.7. The van der Waals surface area contributed by atoms with Crippen molar-refractivity contribution in [3.05, 3.63) is 88.7 Å². The molecule has 204 valence electrons. The first-order valence-electron chi connectivity index (χ1n) is 13.5. The van der Waals surface area contributed by atoms with E-state index in [0.29, 0.717) is 19.6 Å². The highest BCUT2D eigenvalue weighted by molar-refractivity contribution is 6.31. The molecule has 0 bridgehead atoms. The van der Waals surface area contributed by atoms with Gasteiger partial charge in [-0.2, -0.15) is 0 Å². The molecule has 3 rings (SSSR count). The second-order valence-electron chi connectivity index (χ2n) is 10.3. The van der Waals surface area contributed by atoms with Crippen LogP contribution in [0.2, 0.25) is 5.02 Å². The smallest absolute Gasteiger partial charge is 0.322 e. The maximum absolute atomic E-state index is 13.7. The van der Waals surface area contributed by atoms with Crippen LogP contribution in [-0.2, 0) is 24.3 Å². The van der Waals surface area contributed by atoms with Crippen molar-refractivity contribution in [1.29, 1.82) is 0 Å². The minimum absolute atomic E-state index is 0.0197. The summed E-state index contributed by atoms with van der Waals surface area (Å²) in [5.41, 5.74) is 3.99. The summed E-state index contributed by atoms with van der Waals surface area (Å²) >= 11 is 6.40. The maximum atomic E-state index is 13.7. The monoisotopic (exact) mass is 536 g/mol. The molecule has 0 aliphatic rings. The number of carbonyl (C=O) groups excluding carboxylic acids is 2. The van der Waals surface area contributed by atoms with Crippen molar-refractivity contribution in [2.45, 2.75) is 66.6 Å². The predicted octanol–water partition coefficient (Wildman–Crippen LogP) is 7.07. The van der Waals surface area contributed by atoms with Crippen LogP contribution in [0.1, 0.15) is 57.9 Å². The summed E-state index contributed by atoms with van der Waals surface area (Å²) in [6, 6.07) is 19.3. The normalized spacial score (nSPS) is 11.9. The highest BCUT2D eigenvalue weighted by Gasteiger charge is 2.26. The number of anilines is 1. The van der Waals surface area contributed by atoms with E-state index < -0.39 is 0 Å². The van der Waals surface area contributed by atoms with E-state index in [0.717, 1.165) is 34.8 Å². The van der Waals surface area contributed by atoms with Crippen LogP contribution in [0, 0.1) is 5.92 Å². The molecule has 0 aliphatic carbocycles. The van der Waals surface area contributed by atoms with E-state index in [1.165, 1.54) is 5.56 Å². The van der Waals surface area contributed by atoms with Gasteiger partial charge in [-0.05, 0) is 67.1 Å². The Hall–Kier alpha value is -3.25. The van der Waals surface area contributed by atoms with E-state index in [-0.39, 0.29) is 30.4 Å². The van der Waals surface area contributed by atoms with E-state index >= 15 is 0 Å². The third-order valence-electron chi connectivity index (χ3n) is 6.82. The van der Waals surface area contributed by atoms with Gasteiger partial charge in [0.25, 0.3) is 0 Å². The summed E-state index contributed by atoms with van der Waals surface area (Å²) in [6.45, 7) is 12.0. The van der Waals surface area contributed by atoms with Gasteiger partial charge in [-0.3, -0.25) is 4.79 Å². The number of rotatable bonds is 12. The Bertz CT molecular complexity index is 1190. The number of aromatic nitrogens is 1. The van der Waals surface area contributed by atoms with Crippen molar-refractivity contribution in [1.82, 2.24) is 14.4 Å². The van der Waals surface area contributed by atoms with Gasteiger partial charge in [0.2, 0.25) is 5.91 Å². The van der Waals surface area contributed by atoms with Gasteiger partial charge in [-0.15, -0.1) is 0 Å². The van der Waals surface area contributed by atoms with E-state index in [1.807, 2.05) is 85.6 Å². The molecule has 3 amide bonds. The van der Waals surface area contributed by atoms with Crippen molar-refractivity contribution >= 4 is 29.2 Å². The molecule has 6 nitrogen and oxygen atoms in total. The Labute approximate surface area is 232 Å². The summed E-state index contributed by atoms with van der Waals surface area (Å²) in [5.74, 6) is 0.217. The van der Waals surface area contributed by atoms with Gasteiger partial charge >= 0.3 is 6.03 Å². The van der Waals surface area contributed by atoms with Crippen molar-refractivity contribution < 1.29 is 9.59 Å². The molecule has 0 aliphatic heterocycles. The van der Waals surface area contributed by atoms with Crippen LogP contribution >= 0.6 is 11.6 Å². The molecule has 38 heavy (non-hydrogen) atoms. The fourth-order valence-electron chi connectivity index (χ4n) is 4.36. The first-order valence-corrected chi connectivity index (χ1v) is 13.9. The number of hydrogen-bond acceptors (Lipinski definition) is 2. The molecule has 1 aromatic heterocycles. The molecule has 1 N–H and O–H groups in total. The lowest BCUT2D eigenvalue weighted by atomic mass is 10.1. The molecular formula is C31H41ClN4O2. The summed E-state index contributed by atoms with van der Waals surface area (Å²) in [6.07, 6.45) is 3.70. The van der Waals surface area contributed by atoms with Gasteiger partial charge in [-0.25, -0.2) is 4.79 Å². The highest BCUT2D eigenvalue weighted by Crippen LogP contribution is 2.19. The maximum Gasteiger partial charge on any atom is 0.322 e. The molecule has 0 saturated carbocycles. The molecule has 1 atom stereocenters. The number of hydrogen-bond donors (Lipinski definition) is 1. The first kappa shape index (κ1) is 29.3. The van der Waals surface area contributed by atoms with E-state index in [1.54, 1.807) is 4.90 Å². The molecule has 1 heterocycles. The quantitative estimate of drug-likeness (QED) is 0.269. The van der Waals surface area contributed by atoms with Gasteiger partial charge < -0.3 is 19.7 Å². The van der Waals surface area contributed by atoms with Crippen LogP contribution in [0.15, 0.2) is 66.9 Å². The van der Waals surface area contributed by atoms with Gasteiger partial charge in [0, 0.05) is 41.7 Å². The van der Waals surface area contributed by atoms with Crippen molar-refractivity contribution in [2.75, 3.05) is 18.4 Å². The van der Waals surface area contributed by atoms with Crippen molar-refractivity contribution in [2.24, 2.45) is 5.92 Å². The molecule has 1 unspecified atom stereocenters. The number of nitrogens with zero attached hydrogens (tertiary/aromatic N) is 3. The van der Waals surface area contributed by atoms with Gasteiger partial charge in [0.1, 0.15) is 6.54 Å². The third-order valence-corrected chi connectivity index (χ3v) is 7.18. The molecule has 0 radical (unpaired) electrons. The van der Waals surface area contributed by atoms with Gasteiger partial charge in [0.05, 0.1) is 6.54 Å². The van der Waals surface area contributed by atoms with Crippen LogP contribution in [0.4, 0.5) is 10.5 Å². The fraction of sp³-hybridized carbons (Fsp3) is 0.419. The summed E-state index contributed by atoms with van der Waals surface area (Å²) in [7, 11) is 0. The second kappa shape index (κ2) is 14.1. The average Bonchev–Trinajstić information content (AvgIpc) is 3.34. The minimum atomic E-state index is -0.261. The molecule has 0 fully saturated rings. The number of nitrogens with one attached hydrogen (secondary N) is 1. The number of urea groups is 1. The SMILES string of the molecule is CCc1ccc(NC(=O)N(CC(=O)N(Cc2cccn2Cc2ccccc2Cl)CC(C)C)C(C)CC)cc1. The standard InChI is InChI=1S/C31H41ClN4O2/c1-6-24(5)36(31(38)33-27-16-14-25(7-2)15-17-27)22-30(37)35(19-23(3)4)21-28-12-10-18-34(28)20-26-11-8-9-13-29(26)32/h8-18,23-24H,6-7,19-22H2,1-5H3,(H,33,38). The van der Waals surface area contributed by atoms with Gasteiger partial charge in [-0.1, -0.05) is 69.6 Å². The van der Waals surface area contributed by atoms with Crippen LogP contribution in [-0.4, -0.2) is 45.4 Å². The molecular weight excluding hydrogens is 496 g/mol. The summed E-state index contributed by atoms with van der Waals surface area (Å²) in [5, 5.41) is 3.70. The average molecular weight is 537 g/mol. The Balaban J connectivity index is 1.76. The van der Waals surface area contributed by atoms with Gasteiger partial charge in [0.15, 0.2) is 0 Å². The zero-order valence-corrected chi connectivity index (χ0v) is 24.0. The Morgan fingerprint density at radius 3 is 2.32 bits per heavy atom. The summed E-state index contributed by atoms with van der Waals surface area (Å²) in [4.78, 5) is 30.5. The van der Waals surface area contributed by atoms with Crippen LogP contribution in [0.25, 0.3) is 0 Å². The van der Waals surface area contributed by atoms with E-state index in [2.05, 4.69) is 30.7 Å². The van der Waals surface area contributed by atoms with Crippen LogP contribution in [0.5, 0.6) is 0 Å². The number of amides is 3. The lowest BCUT2D eigenvalue weighted by Gasteiger charge is -2.32.